The second-order valence-corrected chi connectivity index (χ2v) is 6.12. The van der Waals surface area contributed by atoms with E-state index in [2.05, 4.69) is 4.98 Å². The number of nitrogens with two attached hydrogens (primary N) is 1. The summed E-state index contributed by atoms with van der Waals surface area (Å²) >= 11 is 0. The molecule has 116 valence electrons. The lowest BCUT2D eigenvalue weighted by atomic mass is 9.92. The van der Waals surface area contributed by atoms with Gasteiger partial charge in [-0.25, -0.2) is 0 Å². The molecule has 3 N–H and O–H groups in total. The third-order valence-corrected chi connectivity index (χ3v) is 4.49. The monoisotopic (exact) mass is 290 g/mol. The van der Waals surface area contributed by atoms with Gasteiger partial charge in [0.25, 0.3) is 11.5 Å². The molecule has 1 fully saturated rings. The molecule has 1 saturated carbocycles. The summed E-state index contributed by atoms with van der Waals surface area (Å²) in [6.45, 7) is 0. The number of carbonyl (C=O) groups is 1. The van der Waals surface area contributed by atoms with Crippen LogP contribution in [0.3, 0.4) is 0 Å². The first-order chi connectivity index (χ1) is 10.2. The van der Waals surface area contributed by atoms with Crippen molar-refractivity contribution < 1.29 is 4.79 Å². The molecule has 2 rings (SSSR count). The smallest absolute Gasteiger partial charge is 0.260 e. The zero-order chi connectivity index (χ0) is 15.1. The number of hydrogen-bond donors (Lipinski definition) is 2. The topological polar surface area (TPSA) is 76.0 Å². The Morgan fingerprint density at radius 2 is 1.48 bits per heavy atom. The molecule has 0 aliphatic heterocycles. The van der Waals surface area contributed by atoms with Gasteiger partial charge in [0.2, 0.25) is 0 Å². The van der Waals surface area contributed by atoms with Crippen LogP contribution in [0.5, 0.6) is 0 Å². The predicted octanol–water partition coefficient (Wildman–Crippen LogP) is 3.47. The number of rotatable bonds is 2. The maximum atomic E-state index is 11.9. The largest absolute Gasteiger partial charge is 0.365 e. The maximum absolute atomic E-state index is 11.9. The molecule has 1 aromatic heterocycles. The molecule has 0 spiro atoms. The fourth-order valence-corrected chi connectivity index (χ4v) is 3.22. The maximum Gasteiger partial charge on any atom is 0.260 e. The van der Waals surface area contributed by atoms with E-state index in [0.717, 1.165) is 18.5 Å². The fraction of sp³-hybridized carbons (Fsp3) is 0.647. The second-order valence-electron chi connectivity index (χ2n) is 6.12. The van der Waals surface area contributed by atoms with Crippen LogP contribution in [0.2, 0.25) is 0 Å². The number of carbonyl (C=O) groups excluding carboxylic acids is 1. The number of primary amides is 1. The van der Waals surface area contributed by atoms with Crippen LogP contribution in [0.1, 0.15) is 86.2 Å². The van der Waals surface area contributed by atoms with E-state index in [1.165, 1.54) is 51.4 Å². The van der Waals surface area contributed by atoms with Crippen molar-refractivity contribution in [2.24, 2.45) is 5.73 Å². The third kappa shape index (κ3) is 4.73. The highest BCUT2D eigenvalue weighted by Gasteiger charge is 2.15. The lowest BCUT2D eigenvalue weighted by Crippen LogP contribution is -2.24. The van der Waals surface area contributed by atoms with Crippen LogP contribution in [-0.4, -0.2) is 10.9 Å². The summed E-state index contributed by atoms with van der Waals surface area (Å²) in [5, 5.41) is 0. The van der Waals surface area contributed by atoms with E-state index in [4.69, 9.17) is 5.73 Å². The molecule has 1 aliphatic rings. The molecule has 0 bridgehead atoms. The van der Waals surface area contributed by atoms with Crippen molar-refractivity contribution in [2.75, 3.05) is 0 Å². The molecule has 0 unspecified atom stereocenters. The molecule has 0 saturated heterocycles. The Balaban J connectivity index is 2.10. The Morgan fingerprint density at radius 1 is 0.952 bits per heavy atom. The van der Waals surface area contributed by atoms with Crippen LogP contribution in [0.15, 0.2) is 16.9 Å². The molecule has 0 atom stereocenters. The van der Waals surface area contributed by atoms with E-state index < -0.39 is 5.91 Å². The normalized spacial score (nSPS) is 18.9. The van der Waals surface area contributed by atoms with Gasteiger partial charge in [0.1, 0.15) is 5.56 Å². The van der Waals surface area contributed by atoms with Crippen molar-refractivity contribution in [1.29, 1.82) is 0 Å². The van der Waals surface area contributed by atoms with Crippen LogP contribution in [0.4, 0.5) is 0 Å². The first kappa shape index (κ1) is 15.8. The van der Waals surface area contributed by atoms with Crippen molar-refractivity contribution in [1.82, 2.24) is 4.98 Å². The minimum Gasteiger partial charge on any atom is -0.365 e. The average molecular weight is 290 g/mol. The zero-order valence-electron chi connectivity index (χ0n) is 12.7. The Morgan fingerprint density at radius 3 is 1.95 bits per heavy atom. The minimum absolute atomic E-state index is 0.0513. The van der Waals surface area contributed by atoms with Crippen LogP contribution >= 0.6 is 0 Å². The van der Waals surface area contributed by atoms with Gasteiger partial charge in [-0.3, -0.25) is 9.59 Å². The van der Waals surface area contributed by atoms with Gasteiger partial charge >= 0.3 is 0 Å². The van der Waals surface area contributed by atoms with Gasteiger partial charge in [0.05, 0.1) is 0 Å². The van der Waals surface area contributed by atoms with Crippen molar-refractivity contribution in [2.45, 2.75) is 70.1 Å². The molecule has 1 aromatic rings. The van der Waals surface area contributed by atoms with Gasteiger partial charge in [0, 0.05) is 5.69 Å². The van der Waals surface area contributed by atoms with Gasteiger partial charge in [-0.1, -0.05) is 51.4 Å². The number of aromatic amines is 1. The number of nitrogens with one attached hydrogen (secondary N) is 1. The van der Waals surface area contributed by atoms with Crippen molar-refractivity contribution >= 4 is 5.91 Å². The quantitative estimate of drug-likeness (QED) is 0.875. The molecule has 0 aromatic carbocycles. The number of H-pyrrole nitrogens is 1. The van der Waals surface area contributed by atoms with E-state index in [1.807, 2.05) is 6.07 Å². The summed E-state index contributed by atoms with van der Waals surface area (Å²) < 4.78 is 0. The molecule has 0 radical (unpaired) electrons. The van der Waals surface area contributed by atoms with Crippen LogP contribution in [0, 0.1) is 0 Å². The van der Waals surface area contributed by atoms with Crippen molar-refractivity contribution in [3.8, 4) is 0 Å². The van der Waals surface area contributed by atoms with Gasteiger partial charge in [-0.15, -0.1) is 0 Å². The van der Waals surface area contributed by atoms with E-state index >= 15 is 0 Å². The number of hydrogen-bond acceptors (Lipinski definition) is 2. The average Bonchev–Trinajstić information content (AvgIpc) is 2.52. The highest BCUT2D eigenvalue weighted by molar-refractivity contribution is 5.92. The summed E-state index contributed by atoms with van der Waals surface area (Å²) in [6, 6.07) is 3.44. The van der Waals surface area contributed by atoms with E-state index in [1.54, 1.807) is 6.07 Å². The van der Waals surface area contributed by atoms with Crippen molar-refractivity contribution in [3.05, 3.63) is 33.7 Å². The van der Waals surface area contributed by atoms with Gasteiger partial charge in [-0.2, -0.15) is 0 Å². The fourth-order valence-electron chi connectivity index (χ4n) is 3.22. The Labute approximate surface area is 126 Å². The summed E-state index contributed by atoms with van der Waals surface area (Å²) in [7, 11) is 0. The summed E-state index contributed by atoms with van der Waals surface area (Å²) in [5.74, 6) is -0.261. The third-order valence-electron chi connectivity index (χ3n) is 4.49. The Kier molecular flexibility index (Phi) is 6.03. The highest BCUT2D eigenvalue weighted by Crippen LogP contribution is 2.28. The highest BCUT2D eigenvalue weighted by atomic mass is 16.2. The molecular weight excluding hydrogens is 264 g/mol. The first-order valence-corrected chi connectivity index (χ1v) is 8.21. The van der Waals surface area contributed by atoms with Crippen LogP contribution < -0.4 is 11.3 Å². The molecule has 1 amide bonds. The lowest BCUT2D eigenvalue weighted by molar-refractivity contribution is 0.0999. The molecular formula is C17H26N2O2. The van der Waals surface area contributed by atoms with Crippen LogP contribution in [0.25, 0.3) is 0 Å². The van der Waals surface area contributed by atoms with E-state index in [-0.39, 0.29) is 11.1 Å². The molecule has 21 heavy (non-hydrogen) atoms. The Bertz CT molecular complexity index is 510. The second kappa shape index (κ2) is 8.01. The molecule has 4 nitrogen and oxygen atoms in total. The number of pyridine rings is 1. The standard InChI is InChI=1S/C17H26N2O2/c18-16(20)14-11-12-15(19-17(14)21)13-9-7-5-3-1-2-4-6-8-10-13/h11-13H,1-10H2,(H2,18,20)(H,19,21). The van der Waals surface area contributed by atoms with Gasteiger partial charge in [-0.05, 0) is 30.9 Å². The molecule has 1 aliphatic carbocycles. The Hall–Kier alpha value is -1.58. The molecule has 1 heterocycles. The summed E-state index contributed by atoms with van der Waals surface area (Å²) in [4.78, 5) is 25.9. The lowest BCUT2D eigenvalue weighted by Gasteiger charge is -2.17. The predicted molar refractivity (Wildman–Crippen MR) is 84.5 cm³/mol. The summed E-state index contributed by atoms with van der Waals surface area (Å²) in [5.41, 5.74) is 5.85. The number of amides is 1. The van der Waals surface area contributed by atoms with Crippen LogP contribution in [-0.2, 0) is 0 Å². The van der Waals surface area contributed by atoms with Gasteiger partial charge < -0.3 is 10.7 Å². The first-order valence-electron chi connectivity index (χ1n) is 8.21. The minimum atomic E-state index is -0.662. The van der Waals surface area contributed by atoms with E-state index in [0.29, 0.717) is 5.92 Å². The van der Waals surface area contributed by atoms with E-state index in [9.17, 15) is 9.59 Å². The summed E-state index contributed by atoms with van der Waals surface area (Å²) in [6.07, 6.45) is 12.6. The molecule has 4 heteroatoms. The van der Waals surface area contributed by atoms with Crippen molar-refractivity contribution in [3.63, 3.8) is 0 Å². The SMILES string of the molecule is NC(=O)c1ccc(C2CCCCCCCCCC2)[nH]c1=O. The van der Waals surface area contributed by atoms with Gasteiger partial charge in [0.15, 0.2) is 0 Å². The number of aromatic nitrogens is 1. The zero-order valence-corrected chi connectivity index (χ0v) is 12.7.